The summed E-state index contributed by atoms with van der Waals surface area (Å²) in [5.74, 6) is 1.11. The highest BCUT2D eigenvalue weighted by Gasteiger charge is 2.30. The predicted octanol–water partition coefficient (Wildman–Crippen LogP) is 4.84. The number of carbonyl (C=O) groups excluding carboxylic acids is 1. The Bertz CT molecular complexity index is 698. The average Bonchev–Trinajstić information content (AvgIpc) is 3.04. The number of hydrogen-bond donors (Lipinski definition) is 0. The van der Waals surface area contributed by atoms with Crippen LogP contribution in [0.5, 0.6) is 0 Å². The number of hydrogen-bond acceptors (Lipinski definition) is 2. The van der Waals surface area contributed by atoms with Crippen molar-refractivity contribution in [3.63, 3.8) is 0 Å². The monoisotopic (exact) mass is 325 g/mol. The van der Waals surface area contributed by atoms with Crippen LogP contribution in [0.3, 0.4) is 0 Å². The Labute approximate surface area is 142 Å². The summed E-state index contributed by atoms with van der Waals surface area (Å²) in [5, 5.41) is 0. The minimum absolute atomic E-state index is 0.164. The predicted molar refractivity (Wildman–Crippen MR) is 97.9 cm³/mol. The van der Waals surface area contributed by atoms with Crippen LogP contribution in [0, 0.1) is 6.92 Å². The second kappa shape index (κ2) is 7.22. The maximum absolute atomic E-state index is 13.0. The Morgan fingerprint density at radius 3 is 2.83 bits per heavy atom. The fraction of sp³-hybridized carbons (Fsp3) is 0.350. The third-order valence-electron chi connectivity index (χ3n) is 4.43. The number of aryl methyl sites for hydroxylation is 1. The molecule has 0 radical (unpaired) electrons. The topological polar surface area (TPSA) is 20.3 Å². The molecule has 2 aromatic carbocycles. The summed E-state index contributed by atoms with van der Waals surface area (Å²) in [6, 6.07) is 16.8. The summed E-state index contributed by atoms with van der Waals surface area (Å²) in [6.45, 7) is 2.96. The molecule has 0 N–H and O–H groups in total. The quantitative estimate of drug-likeness (QED) is 0.802. The third-order valence-corrected chi connectivity index (χ3v) is 5.05. The van der Waals surface area contributed by atoms with E-state index in [1.54, 1.807) is 11.8 Å². The van der Waals surface area contributed by atoms with Crippen molar-refractivity contribution in [2.45, 2.75) is 31.6 Å². The van der Waals surface area contributed by atoms with E-state index in [-0.39, 0.29) is 11.9 Å². The van der Waals surface area contributed by atoms with E-state index in [0.717, 1.165) is 30.7 Å². The van der Waals surface area contributed by atoms with Crippen molar-refractivity contribution in [3.8, 4) is 0 Å². The van der Waals surface area contributed by atoms with Crippen LogP contribution in [0.15, 0.2) is 48.5 Å². The molecule has 23 heavy (non-hydrogen) atoms. The van der Waals surface area contributed by atoms with Gasteiger partial charge in [-0.25, -0.2) is 0 Å². The van der Waals surface area contributed by atoms with Gasteiger partial charge in [-0.3, -0.25) is 4.79 Å². The Kier molecular flexibility index (Phi) is 5.06. The summed E-state index contributed by atoms with van der Waals surface area (Å²) in [4.78, 5) is 15.0. The van der Waals surface area contributed by atoms with E-state index in [0.29, 0.717) is 0 Å². The molecule has 1 aliphatic rings. The molecule has 1 fully saturated rings. The number of amides is 1. The van der Waals surface area contributed by atoms with E-state index in [1.165, 1.54) is 16.7 Å². The van der Waals surface area contributed by atoms with Crippen LogP contribution in [0.1, 0.15) is 45.9 Å². The van der Waals surface area contributed by atoms with Gasteiger partial charge in [0.2, 0.25) is 0 Å². The smallest absolute Gasteiger partial charge is 0.254 e. The van der Waals surface area contributed by atoms with Gasteiger partial charge in [0.1, 0.15) is 0 Å². The molecule has 0 spiro atoms. The van der Waals surface area contributed by atoms with Gasteiger partial charge in [0.05, 0.1) is 6.04 Å². The lowest BCUT2D eigenvalue weighted by Gasteiger charge is -2.25. The normalized spacial score (nSPS) is 17.5. The summed E-state index contributed by atoms with van der Waals surface area (Å²) < 4.78 is 0. The highest BCUT2D eigenvalue weighted by atomic mass is 32.2. The van der Waals surface area contributed by atoms with Gasteiger partial charge >= 0.3 is 0 Å². The highest BCUT2D eigenvalue weighted by molar-refractivity contribution is 7.97. The van der Waals surface area contributed by atoms with Crippen molar-refractivity contribution in [2.75, 3.05) is 12.8 Å². The molecule has 1 aliphatic heterocycles. The first kappa shape index (κ1) is 16.1. The largest absolute Gasteiger partial charge is 0.332 e. The Morgan fingerprint density at radius 1 is 1.22 bits per heavy atom. The lowest BCUT2D eigenvalue weighted by molar-refractivity contribution is 0.0735. The molecular formula is C20H23NOS. The second-order valence-corrected chi connectivity index (χ2v) is 7.07. The summed E-state index contributed by atoms with van der Waals surface area (Å²) in [5.41, 5.74) is 4.55. The number of benzene rings is 2. The molecule has 0 saturated carbocycles. The van der Waals surface area contributed by atoms with Crippen molar-refractivity contribution in [2.24, 2.45) is 0 Å². The van der Waals surface area contributed by atoms with E-state index in [1.807, 2.05) is 23.1 Å². The molecule has 1 atom stereocenters. The maximum Gasteiger partial charge on any atom is 0.254 e. The Balaban J connectivity index is 1.84. The summed E-state index contributed by atoms with van der Waals surface area (Å²) in [7, 11) is 0. The number of thioether (sulfide) groups is 1. The van der Waals surface area contributed by atoms with Crippen molar-refractivity contribution in [1.82, 2.24) is 4.90 Å². The number of nitrogens with zero attached hydrogens (tertiary/aromatic N) is 1. The minimum atomic E-state index is 0.164. The van der Waals surface area contributed by atoms with Gasteiger partial charge in [-0.1, -0.05) is 42.0 Å². The van der Waals surface area contributed by atoms with Crippen molar-refractivity contribution >= 4 is 17.7 Å². The first-order valence-corrected chi connectivity index (χ1v) is 9.54. The molecule has 120 valence electrons. The van der Waals surface area contributed by atoms with Crippen LogP contribution in [-0.4, -0.2) is 23.6 Å². The van der Waals surface area contributed by atoms with Gasteiger partial charge in [-0.15, -0.1) is 0 Å². The lowest BCUT2D eigenvalue weighted by Crippen LogP contribution is -2.30. The fourth-order valence-electron chi connectivity index (χ4n) is 3.36. The SMILES string of the molecule is CSCc1cccc(C(=O)N2CCCC2c2cccc(C)c2)c1. The van der Waals surface area contributed by atoms with Crippen molar-refractivity contribution in [1.29, 1.82) is 0 Å². The van der Waals surface area contributed by atoms with Gasteiger partial charge in [0.25, 0.3) is 5.91 Å². The average molecular weight is 325 g/mol. The van der Waals surface area contributed by atoms with Gasteiger partial charge in [-0.2, -0.15) is 11.8 Å². The second-order valence-electron chi connectivity index (χ2n) is 6.20. The zero-order chi connectivity index (χ0) is 16.2. The Morgan fingerprint density at radius 2 is 2.04 bits per heavy atom. The third kappa shape index (κ3) is 3.61. The first-order valence-electron chi connectivity index (χ1n) is 8.14. The van der Waals surface area contributed by atoms with Crippen molar-refractivity contribution in [3.05, 3.63) is 70.8 Å². The van der Waals surface area contributed by atoms with Crippen LogP contribution < -0.4 is 0 Å². The highest BCUT2D eigenvalue weighted by Crippen LogP contribution is 2.33. The van der Waals surface area contributed by atoms with E-state index in [9.17, 15) is 4.79 Å². The molecular weight excluding hydrogens is 302 g/mol. The molecule has 0 bridgehead atoms. The van der Waals surface area contributed by atoms with Gasteiger partial charge in [-0.05, 0) is 49.3 Å². The zero-order valence-corrected chi connectivity index (χ0v) is 14.6. The Hall–Kier alpha value is -1.74. The first-order chi connectivity index (χ1) is 11.2. The maximum atomic E-state index is 13.0. The number of rotatable bonds is 4. The molecule has 1 heterocycles. The summed E-state index contributed by atoms with van der Waals surface area (Å²) in [6.07, 6.45) is 4.22. The van der Waals surface area contributed by atoms with E-state index >= 15 is 0 Å². The van der Waals surface area contributed by atoms with E-state index in [2.05, 4.69) is 43.5 Å². The molecule has 0 aromatic heterocycles. The van der Waals surface area contributed by atoms with Crippen LogP contribution in [0.25, 0.3) is 0 Å². The van der Waals surface area contributed by atoms with Gasteiger partial charge in [0, 0.05) is 17.9 Å². The van der Waals surface area contributed by atoms with Crippen molar-refractivity contribution < 1.29 is 4.79 Å². The summed E-state index contributed by atoms with van der Waals surface area (Å²) >= 11 is 1.78. The van der Waals surface area contributed by atoms with Crippen LogP contribution in [0.4, 0.5) is 0 Å². The fourth-order valence-corrected chi connectivity index (χ4v) is 3.87. The van der Waals surface area contributed by atoms with Crippen LogP contribution in [-0.2, 0) is 5.75 Å². The molecule has 1 amide bonds. The molecule has 2 nitrogen and oxygen atoms in total. The molecule has 1 unspecified atom stereocenters. The van der Waals surface area contributed by atoms with Gasteiger partial charge < -0.3 is 4.90 Å². The molecule has 0 aliphatic carbocycles. The minimum Gasteiger partial charge on any atom is -0.332 e. The number of likely N-dealkylation sites (tertiary alicyclic amines) is 1. The molecule has 2 aromatic rings. The molecule has 1 saturated heterocycles. The molecule has 3 heteroatoms. The standard InChI is InChI=1S/C20H23NOS/c1-15-6-3-8-17(12-15)19-10-5-11-21(19)20(22)18-9-4-7-16(13-18)14-23-2/h3-4,6-9,12-13,19H,5,10-11,14H2,1-2H3. The van der Waals surface area contributed by atoms with E-state index < -0.39 is 0 Å². The lowest BCUT2D eigenvalue weighted by atomic mass is 10.0. The zero-order valence-electron chi connectivity index (χ0n) is 13.8. The van der Waals surface area contributed by atoms with Gasteiger partial charge in [0.15, 0.2) is 0 Å². The van der Waals surface area contributed by atoms with E-state index in [4.69, 9.17) is 0 Å². The number of carbonyl (C=O) groups is 1. The molecule has 3 rings (SSSR count). The van der Waals surface area contributed by atoms with Crippen LogP contribution >= 0.6 is 11.8 Å². The van der Waals surface area contributed by atoms with Crippen LogP contribution in [0.2, 0.25) is 0 Å².